The lowest BCUT2D eigenvalue weighted by Crippen LogP contribution is -2.39. The van der Waals surface area contributed by atoms with Crippen LogP contribution in [-0.2, 0) is 9.59 Å². The van der Waals surface area contributed by atoms with Gasteiger partial charge in [0, 0.05) is 18.5 Å². The van der Waals surface area contributed by atoms with Crippen molar-refractivity contribution in [3.8, 4) is 0 Å². The standard InChI is InChI=1S/C17H25N3O2/c1-17(2,3)16(22)18-12-15(21)19-13-8-4-5-9-14(13)20-10-6-7-11-20/h4-5,8-9H,6-7,10-12H2,1-3H3,(H,18,22)(H,19,21). The summed E-state index contributed by atoms with van der Waals surface area (Å²) in [5.41, 5.74) is 1.36. The van der Waals surface area contributed by atoms with Crippen molar-refractivity contribution in [1.29, 1.82) is 0 Å². The Balaban J connectivity index is 1.96. The SMILES string of the molecule is CC(C)(C)C(=O)NCC(=O)Nc1ccccc1N1CCCC1. The van der Waals surface area contributed by atoms with E-state index in [-0.39, 0.29) is 18.4 Å². The van der Waals surface area contributed by atoms with Crippen LogP contribution in [0, 0.1) is 5.41 Å². The van der Waals surface area contributed by atoms with Crippen LogP contribution < -0.4 is 15.5 Å². The van der Waals surface area contributed by atoms with Gasteiger partial charge in [-0.25, -0.2) is 0 Å². The minimum atomic E-state index is -0.492. The zero-order valence-electron chi connectivity index (χ0n) is 13.6. The molecule has 1 aromatic carbocycles. The summed E-state index contributed by atoms with van der Waals surface area (Å²) in [4.78, 5) is 26.1. The van der Waals surface area contributed by atoms with Crippen molar-refractivity contribution in [3.05, 3.63) is 24.3 Å². The molecule has 1 saturated heterocycles. The Hall–Kier alpha value is -2.04. The van der Waals surface area contributed by atoms with Gasteiger partial charge in [0.1, 0.15) is 0 Å². The Bertz CT molecular complexity index is 543. The summed E-state index contributed by atoms with van der Waals surface area (Å²) in [6.45, 7) is 7.50. The molecule has 0 atom stereocenters. The molecule has 1 aromatic rings. The van der Waals surface area contributed by atoms with E-state index < -0.39 is 5.41 Å². The Morgan fingerprint density at radius 1 is 1.14 bits per heavy atom. The lowest BCUT2D eigenvalue weighted by Gasteiger charge is -2.22. The number of carbonyl (C=O) groups excluding carboxylic acids is 2. The van der Waals surface area contributed by atoms with E-state index in [1.807, 2.05) is 45.0 Å². The van der Waals surface area contributed by atoms with Gasteiger partial charge in [0.05, 0.1) is 17.9 Å². The number of carbonyl (C=O) groups is 2. The van der Waals surface area contributed by atoms with Crippen molar-refractivity contribution in [1.82, 2.24) is 5.32 Å². The van der Waals surface area contributed by atoms with Gasteiger partial charge in [-0.2, -0.15) is 0 Å². The van der Waals surface area contributed by atoms with E-state index in [2.05, 4.69) is 15.5 Å². The first-order valence-corrected chi connectivity index (χ1v) is 7.80. The molecule has 22 heavy (non-hydrogen) atoms. The maximum atomic E-state index is 12.1. The first kappa shape index (κ1) is 16.3. The fourth-order valence-corrected chi connectivity index (χ4v) is 2.43. The molecular weight excluding hydrogens is 278 g/mol. The molecule has 0 bridgehead atoms. The lowest BCUT2D eigenvalue weighted by atomic mass is 9.96. The molecule has 1 aliphatic rings. The molecule has 2 rings (SSSR count). The second-order valence-electron chi connectivity index (χ2n) is 6.69. The van der Waals surface area contributed by atoms with E-state index in [9.17, 15) is 9.59 Å². The average Bonchev–Trinajstić information content (AvgIpc) is 2.98. The fraction of sp³-hybridized carbons (Fsp3) is 0.529. The Morgan fingerprint density at radius 3 is 2.41 bits per heavy atom. The summed E-state index contributed by atoms with van der Waals surface area (Å²) in [6, 6.07) is 7.80. The Morgan fingerprint density at radius 2 is 1.77 bits per heavy atom. The molecular formula is C17H25N3O2. The number of benzene rings is 1. The smallest absolute Gasteiger partial charge is 0.243 e. The topological polar surface area (TPSA) is 61.4 Å². The van der Waals surface area contributed by atoms with Crippen LogP contribution in [0.5, 0.6) is 0 Å². The van der Waals surface area contributed by atoms with Crippen molar-refractivity contribution >= 4 is 23.2 Å². The molecule has 0 radical (unpaired) electrons. The molecule has 1 fully saturated rings. The quantitative estimate of drug-likeness (QED) is 0.898. The van der Waals surface area contributed by atoms with Crippen molar-refractivity contribution < 1.29 is 9.59 Å². The van der Waals surface area contributed by atoms with Crippen molar-refractivity contribution in [2.45, 2.75) is 33.6 Å². The van der Waals surface area contributed by atoms with Gasteiger partial charge in [0.25, 0.3) is 0 Å². The summed E-state index contributed by atoms with van der Waals surface area (Å²) < 4.78 is 0. The molecule has 0 unspecified atom stereocenters. The number of amides is 2. The van der Waals surface area contributed by atoms with Crippen LogP contribution in [0.3, 0.4) is 0 Å². The van der Waals surface area contributed by atoms with Gasteiger partial charge >= 0.3 is 0 Å². The molecule has 0 saturated carbocycles. The third-order valence-corrected chi connectivity index (χ3v) is 3.72. The normalized spacial score (nSPS) is 14.8. The highest BCUT2D eigenvalue weighted by atomic mass is 16.2. The molecule has 0 aromatic heterocycles. The van der Waals surface area contributed by atoms with Crippen LogP contribution in [0.2, 0.25) is 0 Å². The van der Waals surface area contributed by atoms with Crippen molar-refractivity contribution in [3.63, 3.8) is 0 Å². The fourth-order valence-electron chi connectivity index (χ4n) is 2.43. The highest BCUT2D eigenvalue weighted by Gasteiger charge is 2.22. The Labute approximate surface area is 132 Å². The van der Waals surface area contributed by atoms with E-state index in [4.69, 9.17) is 0 Å². The summed E-state index contributed by atoms with van der Waals surface area (Å²) in [5.74, 6) is -0.334. The monoisotopic (exact) mass is 303 g/mol. The number of hydrogen-bond donors (Lipinski definition) is 2. The minimum Gasteiger partial charge on any atom is -0.370 e. The minimum absolute atomic E-state index is 0.00949. The lowest BCUT2D eigenvalue weighted by molar-refractivity contribution is -0.130. The van der Waals surface area contributed by atoms with Gasteiger partial charge < -0.3 is 15.5 Å². The number of nitrogens with zero attached hydrogens (tertiary/aromatic N) is 1. The van der Waals surface area contributed by atoms with Gasteiger partial charge in [-0.1, -0.05) is 32.9 Å². The van der Waals surface area contributed by atoms with E-state index in [1.165, 1.54) is 12.8 Å². The van der Waals surface area contributed by atoms with E-state index >= 15 is 0 Å². The van der Waals surface area contributed by atoms with Crippen LogP contribution in [0.1, 0.15) is 33.6 Å². The summed E-state index contributed by atoms with van der Waals surface area (Å²) in [7, 11) is 0. The van der Waals surface area contributed by atoms with E-state index in [0.29, 0.717) is 0 Å². The molecule has 2 amide bonds. The zero-order valence-corrected chi connectivity index (χ0v) is 13.6. The van der Waals surface area contributed by atoms with Crippen LogP contribution in [0.25, 0.3) is 0 Å². The number of para-hydroxylation sites is 2. The van der Waals surface area contributed by atoms with Crippen LogP contribution >= 0.6 is 0 Å². The van der Waals surface area contributed by atoms with Crippen molar-refractivity contribution in [2.24, 2.45) is 5.41 Å². The molecule has 120 valence electrons. The third kappa shape index (κ3) is 4.23. The predicted molar refractivity (Wildman–Crippen MR) is 89.0 cm³/mol. The number of anilines is 2. The van der Waals surface area contributed by atoms with E-state index in [1.54, 1.807) is 0 Å². The second kappa shape index (κ2) is 6.81. The zero-order chi connectivity index (χ0) is 16.2. The third-order valence-electron chi connectivity index (χ3n) is 3.72. The maximum absolute atomic E-state index is 12.1. The van der Waals surface area contributed by atoms with Crippen LogP contribution in [-0.4, -0.2) is 31.4 Å². The number of rotatable bonds is 4. The van der Waals surface area contributed by atoms with Crippen LogP contribution in [0.15, 0.2) is 24.3 Å². The first-order chi connectivity index (χ1) is 10.4. The first-order valence-electron chi connectivity index (χ1n) is 7.80. The molecule has 0 aliphatic carbocycles. The molecule has 5 nitrogen and oxygen atoms in total. The van der Waals surface area contributed by atoms with Crippen molar-refractivity contribution in [2.75, 3.05) is 29.9 Å². The van der Waals surface area contributed by atoms with Gasteiger partial charge in [-0.15, -0.1) is 0 Å². The maximum Gasteiger partial charge on any atom is 0.243 e. The van der Waals surface area contributed by atoms with Crippen LogP contribution in [0.4, 0.5) is 11.4 Å². The molecule has 2 N–H and O–H groups in total. The highest BCUT2D eigenvalue weighted by Crippen LogP contribution is 2.28. The number of hydrogen-bond acceptors (Lipinski definition) is 3. The number of nitrogens with one attached hydrogen (secondary N) is 2. The average molecular weight is 303 g/mol. The second-order valence-corrected chi connectivity index (χ2v) is 6.69. The highest BCUT2D eigenvalue weighted by molar-refractivity contribution is 5.97. The predicted octanol–water partition coefficient (Wildman–Crippen LogP) is 2.39. The molecule has 1 heterocycles. The Kier molecular flexibility index (Phi) is 5.06. The molecule has 0 spiro atoms. The van der Waals surface area contributed by atoms with Gasteiger partial charge in [0.2, 0.25) is 11.8 Å². The van der Waals surface area contributed by atoms with Gasteiger partial charge in [0.15, 0.2) is 0 Å². The van der Waals surface area contributed by atoms with E-state index in [0.717, 1.165) is 24.5 Å². The largest absolute Gasteiger partial charge is 0.370 e. The van der Waals surface area contributed by atoms with Gasteiger partial charge in [-0.3, -0.25) is 9.59 Å². The molecule has 1 aliphatic heterocycles. The molecule has 5 heteroatoms. The van der Waals surface area contributed by atoms with Gasteiger partial charge in [-0.05, 0) is 25.0 Å². The summed E-state index contributed by atoms with van der Waals surface area (Å²) in [6.07, 6.45) is 2.37. The summed E-state index contributed by atoms with van der Waals surface area (Å²) in [5, 5.41) is 5.57. The summed E-state index contributed by atoms with van der Waals surface area (Å²) >= 11 is 0.